The van der Waals surface area contributed by atoms with Crippen LogP contribution in [0.5, 0.6) is 0 Å². The summed E-state index contributed by atoms with van der Waals surface area (Å²) in [7, 11) is -4.42. The lowest BCUT2D eigenvalue weighted by Crippen LogP contribution is -2.27. The summed E-state index contributed by atoms with van der Waals surface area (Å²) in [5.74, 6) is -0.523. The van der Waals surface area contributed by atoms with E-state index in [1.54, 1.807) is 0 Å². The van der Waals surface area contributed by atoms with Crippen molar-refractivity contribution in [3.63, 3.8) is 0 Å². The number of phosphoric ester groups is 1. The summed E-state index contributed by atoms with van der Waals surface area (Å²) >= 11 is 0. The number of carbonyl (C=O) groups is 2. The van der Waals surface area contributed by atoms with Crippen LogP contribution in [0.4, 0.5) is 0 Å². The highest BCUT2D eigenvalue weighted by Crippen LogP contribution is 2.42. The van der Waals surface area contributed by atoms with Crippen LogP contribution in [0.1, 0.15) is 226 Å². The first-order chi connectivity index (χ1) is 27.3. The van der Waals surface area contributed by atoms with Crippen LogP contribution in [-0.2, 0) is 27.9 Å². The second-order valence-corrected chi connectivity index (χ2v) is 17.2. The van der Waals surface area contributed by atoms with Crippen molar-refractivity contribution < 1.29 is 37.9 Å². The average molecular weight is 814 g/mol. The van der Waals surface area contributed by atoms with Gasteiger partial charge in [-0.3, -0.25) is 18.6 Å². The lowest BCUT2D eigenvalue weighted by atomic mass is 10.0. The second-order valence-electron chi connectivity index (χ2n) is 15.7. The number of amides is 1. The molecule has 0 bridgehead atoms. The highest BCUT2D eigenvalue weighted by Gasteiger charge is 2.23. The Morgan fingerprint density at radius 1 is 0.554 bits per heavy atom. The van der Waals surface area contributed by atoms with Crippen molar-refractivity contribution >= 4 is 19.7 Å². The van der Waals surface area contributed by atoms with Crippen molar-refractivity contribution in [3.8, 4) is 0 Å². The zero-order chi connectivity index (χ0) is 41.1. The fraction of sp³-hybridized carbons (Fsp3) is 0.870. The van der Waals surface area contributed by atoms with E-state index in [2.05, 4.69) is 43.5 Å². The predicted octanol–water partition coefficient (Wildman–Crippen LogP) is 13.2. The van der Waals surface area contributed by atoms with Crippen molar-refractivity contribution in [1.82, 2.24) is 5.32 Å². The molecule has 0 aromatic rings. The molecule has 3 N–H and O–H groups in total. The van der Waals surface area contributed by atoms with Crippen molar-refractivity contribution in [2.75, 3.05) is 26.4 Å². The summed E-state index contributed by atoms with van der Waals surface area (Å²) in [6.45, 7) is 3.53. The lowest BCUT2D eigenvalue weighted by molar-refractivity contribution is -0.147. The van der Waals surface area contributed by atoms with Gasteiger partial charge in [-0.25, -0.2) is 4.57 Å². The van der Waals surface area contributed by atoms with Gasteiger partial charge in [0.05, 0.1) is 13.2 Å². The second kappa shape index (κ2) is 43.1. The summed E-state index contributed by atoms with van der Waals surface area (Å²) < 4.78 is 26.9. The molecule has 2 atom stereocenters. The molecular formula is C46H88NO8P. The first kappa shape index (κ1) is 54.5. The van der Waals surface area contributed by atoms with E-state index in [-0.39, 0.29) is 32.1 Å². The molecule has 0 spiro atoms. The van der Waals surface area contributed by atoms with Crippen LogP contribution in [0.2, 0.25) is 0 Å². The number of allylic oxidation sites excluding steroid dienone is 4. The van der Waals surface area contributed by atoms with Crippen LogP contribution in [-0.4, -0.2) is 54.3 Å². The molecule has 0 aliphatic rings. The first-order valence-electron chi connectivity index (χ1n) is 23.3. The maximum absolute atomic E-state index is 12.1. The minimum atomic E-state index is -4.42. The van der Waals surface area contributed by atoms with E-state index in [0.29, 0.717) is 6.42 Å². The number of hydrogen-bond donors (Lipinski definition) is 3. The van der Waals surface area contributed by atoms with Crippen molar-refractivity contribution in [2.24, 2.45) is 0 Å². The number of aliphatic hydroxyl groups is 1. The fourth-order valence-corrected chi connectivity index (χ4v) is 7.33. The number of carbonyl (C=O) groups excluding carboxylic acids is 2. The molecule has 330 valence electrons. The van der Waals surface area contributed by atoms with Crippen LogP contribution in [0.15, 0.2) is 24.3 Å². The molecule has 0 saturated heterocycles. The Morgan fingerprint density at radius 2 is 0.982 bits per heavy atom. The topological polar surface area (TPSA) is 131 Å². The quantitative estimate of drug-likeness (QED) is 0.0240. The lowest BCUT2D eigenvalue weighted by Gasteiger charge is -2.15. The van der Waals surface area contributed by atoms with E-state index < -0.39 is 26.5 Å². The van der Waals surface area contributed by atoms with Crippen molar-refractivity contribution in [2.45, 2.75) is 232 Å². The molecule has 0 aliphatic heterocycles. The zero-order valence-electron chi connectivity index (χ0n) is 36.3. The van der Waals surface area contributed by atoms with Gasteiger partial charge in [-0.15, -0.1) is 0 Å². The van der Waals surface area contributed by atoms with Crippen LogP contribution in [0.25, 0.3) is 0 Å². The third-order valence-electron chi connectivity index (χ3n) is 10.1. The van der Waals surface area contributed by atoms with E-state index in [9.17, 15) is 24.2 Å². The van der Waals surface area contributed by atoms with E-state index >= 15 is 0 Å². The Hall–Kier alpha value is -1.51. The summed E-state index contributed by atoms with van der Waals surface area (Å²) in [4.78, 5) is 33.9. The van der Waals surface area contributed by atoms with Gasteiger partial charge in [0.2, 0.25) is 5.91 Å². The normalized spacial score (nSPS) is 13.4. The summed E-state index contributed by atoms with van der Waals surface area (Å²) in [5.41, 5.74) is 0. The number of unbranched alkanes of at least 4 members (excludes halogenated alkanes) is 27. The van der Waals surface area contributed by atoms with Gasteiger partial charge in [0.25, 0.3) is 0 Å². The van der Waals surface area contributed by atoms with Crippen LogP contribution in [0, 0.1) is 0 Å². The molecule has 0 aromatic heterocycles. The number of ether oxygens (including phenoxy) is 1. The van der Waals surface area contributed by atoms with Gasteiger partial charge in [-0.2, -0.15) is 0 Å². The Morgan fingerprint density at radius 3 is 1.48 bits per heavy atom. The maximum Gasteiger partial charge on any atom is 0.472 e. The van der Waals surface area contributed by atoms with E-state index in [4.69, 9.17) is 13.8 Å². The minimum absolute atomic E-state index is 0.0760. The van der Waals surface area contributed by atoms with E-state index in [1.807, 2.05) is 0 Å². The summed E-state index contributed by atoms with van der Waals surface area (Å²) in [6, 6.07) is 0. The SMILES string of the molecule is CCCC/C=C\C/C=C\CCCCCCCC(=O)NCCOP(=O)(O)OCC(O)COC(=O)CCCCCCCCCCCCCCCCCCCCCCC. The number of rotatable bonds is 44. The molecule has 2 unspecified atom stereocenters. The Kier molecular flexibility index (Phi) is 41.9. The Labute approximate surface area is 344 Å². The molecule has 0 rings (SSSR count). The third kappa shape index (κ3) is 43.6. The molecule has 0 saturated carbocycles. The molecule has 1 amide bonds. The number of aliphatic hydroxyl groups excluding tert-OH is 1. The molecular weight excluding hydrogens is 725 g/mol. The van der Waals surface area contributed by atoms with Gasteiger partial charge in [0.15, 0.2) is 0 Å². The first-order valence-corrected chi connectivity index (χ1v) is 24.8. The molecule has 0 heterocycles. The zero-order valence-corrected chi connectivity index (χ0v) is 37.2. The predicted molar refractivity (Wildman–Crippen MR) is 234 cm³/mol. The Balaban J connectivity index is 3.55. The minimum Gasteiger partial charge on any atom is -0.463 e. The average Bonchev–Trinajstić information content (AvgIpc) is 3.18. The van der Waals surface area contributed by atoms with Gasteiger partial charge in [-0.1, -0.05) is 199 Å². The summed E-state index contributed by atoms with van der Waals surface area (Å²) in [5, 5.41) is 12.7. The molecule has 0 fully saturated rings. The van der Waals surface area contributed by atoms with E-state index in [0.717, 1.165) is 64.2 Å². The number of esters is 1. The van der Waals surface area contributed by atoms with Crippen LogP contribution < -0.4 is 5.32 Å². The van der Waals surface area contributed by atoms with Gasteiger partial charge in [0, 0.05) is 19.4 Å². The monoisotopic (exact) mass is 814 g/mol. The standard InChI is InChI=1S/C46H88NO8P/c1-3-5-7-9-11-13-15-17-19-20-21-22-23-24-25-27-29-31-33-35-37-39-46(50)53-42-44(48)43-55-56(51,52)54-41-40-47-45(49)38-36-34-32-30-28-26-18-16-14-12-10-8-6-4-2/h10,12,16,18,44,48H,3-9,11,13-15,17,19-43H2,1-2H3,(H,47,49)(H,51,52)/b12-10-,18-16-. The van der Waals surface area contributed by atoms with Crippen molar-refractivity contribution in [3.05, 3.63) is 24.3 Å². The molecule has 10 heteroatoms. The fourth-order valence-electron chi connectivity index (χ4n) is 6.57. The molecule has 0 aliphatic carbocycles. The largest absolute Gasteiger partial charge is 0.472 e. The molecule has 0 aromatic carbocycles. The summed E-state index contributed by atoms with van der Waals surface area (Å²) in [6.07, 6.45) is 46.8. The third-order valence-corrected chi connectivity index (χ3v) is 11.1. The van der Waals surface area contributed by atoms with Crippen molar-refractivity contribution in [1.29, 1.82) is 0 Å². The number of phosphoric acid groups is 1. The maximum atomic E-state index is 12.1. The highest BCUT2D eigenvalue weighted by atomic mass is 31.2. The Bertz CT molecular complexity index is 975. The highest BCUT2D eigenvalue weighted by molar-refractivity contribution is 7.47. The van der Waals surface area contributed by atoms with E-state index in [1.165, 1.54) is 135 Å². The number of hydrogen-bond acceptors (Lipinski definition) is 7. The number of nitrogens with one attached hydrogen (secondary N) is 1. The van der Waals surface area contributed by atoms with Gasteiger partial charge in [-0.05, 0) is 38.5 Å². The van der Waals surface area contributed by atoms with Gasteiger partial charge >= 0.3 is 13.8 Å². The van der Waals surface area contributed by atoms with Crippen LogP contribution in [0.3, 0.4) is 0 Å². The molecule has 0 radical (unpaired) electrons. The molecule has 9 nitrogen and oxygen atoms in total. The van der Waals surface area contributed by atoms with Gasteiger partial charge in [0.1, 0.15) is 12.7 Å². The smallest absolute Gasteiger partial charge is 0.463 e. The molecule has 56 heavy (non-hydrogen) atoms. The van der Waals surface area contributed by atoms with Gasteiger partial charge < -0.3 is 20.1 Å². The van der Waals surface area contributed by atoms with Crippen LogP contribution >= 0.6 is 7.82 Å².